The van der Waals surface area contributed by atoms with Crippen LogP contribution >= 0.6 is 0 Å². The van der Waals surface area contributed by atoms with Gasteiger partial charge in [-0.3, -0.25) is 4.90 Å². The Kier molecular flexibility index (Phi) is 5.17. The van der Waals surface area contributed by atoms with Crippen molar-refractivity contribution < 1.29 is 27.8 Å². The molecule has 0 bridgehead atoms. The summed E-state index contributed by atoms with van der Waals surface area (Å²) >= 11 is 0. The number of hydrogen-bond acceptors (Lipinski definition) is 3. The van der Waals surface area contributed by atoms with Gasteiger partial charge in [-0.15, -0.1) is 0 Å². The van der Waals surface area contributed by atoms with Gasteiger partial charge in [0.25, 0.3) is 0 Å². The number of aromatic carboxylic acids is 1. The number of halogens is 3. The fourth-order valence-electron chi connectivity index (χ4n) is 1.47. The number of alkyl halides is 3. The Morgan fingerprint density at radius 1 is 1.37 bits per heavy atom. The van der Waals surface area contributed by atoms with Gasteiger partial charge in [-0.05, 0) is 19.2 Å². The maximum absolute atomic E-state index is 12.1. The molecule has 0 aliphatic rings. The molecule has 19 heavy (non-hydrogen) atoms. The molecule has 106 valence electrons. The van der Waals surface area contributed by atoms with E-state index >= 15 is 0 Å². The summed E-state index contributed by atoms with van der Waals surface area (Å²) in [5.74, 6) is -0.991. The summed E-state index contributed by atoms with van der Waals surface area (Å²) in [6.07, 6.45) is -4.26. The van der Waals surface area contributed by atoms with E-state index in [4.69, 9.17) is 9.84 Å². The highest BCUT2D eigenvalue weighted by Gasteiger charge is 2.28. The zero-order valence-electron chi connectivity index (χ0n) is 10.3. The minimum Gasteiger partial charge on any atom is -0.491 e. The molecule has 1 rings (SSSR count). The van der Waals surface area contributed by atoms with Crippen LogP contribution in [-0.4, -0.2) is 48.9 Å². The molecule has 7 heteroatoms. The van der Waals surface area contributed by atoms with Gasteiger partial charge in [-0.25, -0.2) is 4.79 Å². The quantitative estimate of drug-likeness (QED) is 0.866. The van der Waals surface area contributed by atoms with Crippen LogP contribution in [0.3, 0.4) is 0 Å². The summed E-state index contributed by atoms with van der Waals surface area (Å²) < 4.78 is 41.4. The Balaban J connectivity index is 2.48. The molecular formula is C12H14F3NO3. The van der Waals surface area contributed by atoms with E-state index in [1.54, 1.807) is 12.1 Å². The largest absolute Gasteiger partial charge is 0.491 e. The maximum atomic E-state index is 12.1. The molecule has 1 N–H and O–H groups in total. The van der Waals surface area contributed by atoms with Crippen LogP contribution in [0.25, 0.3) is 0 Å². The number of nitrogens with zero attached hydrogens (tertiary/aromatic N) is 1. The molecule has 0 aromatic heterocycles. The van der Waals surface area contributed by atoms with Gasteiger partial charge in [0.05, 0.1) is 6.54 Å². The third kappa shape index (κ3) is 5.60. The molecule has 0 saturated carbocycles. The zero-order valence-corrected chi connectivity index (χ0v) is 10.3. The van der Waals surface area contributed by atoms with E-state index < -0.39 is 18.7 Å². The van der Waals surface area contributed by atoms with Crippen LogP contribution < -0.4 is 4.74 Å². The Morgan fingerprint density at radius 2 is 2.00 bits per heavy atom. The van der Waals surface area contributed by atoms with Crippen molar-refractivity contribution in [3.63, 3.8) is 0 Å². The van der Waals surface area contributed by atoms with Gasteiger partial charge in [0.2, 0.25) is 0 Å². The Hall–Kier alpha value is -1.76. The van der Waals surface area contributed by atoms with Crippen molar-refractivity contribution in [2.24, 2.45) is 0 Å². The third-order valence-corrected chi connectivity index (χ3v) is 2.30. The first-order valence-electron chi connectivity index (χ1n) is 5.50. The van der Waals surface area contributed by atoms with Crippen molar-refractivity contribution in [3.8, 4) is 5.75 Å². The fraction of sp³-hybridized carbons (Fsp3) is 0.417. The van der Waals surface area contributed by atoms with Crippen LogP contribution in [0.5, 0.6) is 5.75 Å². The van der Waals surface area contributed by atoms with Crippen LogP contribution in [0.2, 0.25) is 0 Å². The molecule has 0 aliphatic carbocycles. The predicted octanol–water partition coefficient (Wildman–Crippen LogP) is 2.26. The van der Waals surface area contributed by atoms with Crippen LogP contribution in [0, 0.1) is 0 Å². The van der Waals surface area contributed by atoms with Gasteiger partial charge < -0.3 is 9.84 Å². The van der Waals surface area contributed by atoms with Gasteiger partial charge in [0.1, 0.15) is 17.9 Å². The zero-order chi connectivity index (χ0) is 14.5. The monoisotopic (exact) mass is 277 g/mol. The number of para-hydroxylation sites is 1. The number of carboxylic acid groups (broad SMARTS) is 1. The van der Waals surface area contributed by atoms with Gasteiger partial charge >= 0.3 is 12.1 Å². The summed E-state index contributed by atoms with van der Waals surface area (Å²) in [5.41, 5.74) is -0.0130. The molecule has 0 fully saturated rings. The molecule has 4 nitrogen and oxygen atoms in total. The Labute approximate surface area is 108 Å². The summed E-state index contributed by atoms with van der Waals surface area (Å²) in [4.78, 5) is 11.9. The number of benzene rings is 1. The van der Waals surface area contributed by atoms with Crippen molar-refractivity contribution in [2.45, 2.75) is 6.18 Å². The summed E-state index contributed by atoms with van der Waals surface area (Å²) in [7, 11) is 1.32. The molecular weight excluding hydrogens is 263 g/mol. The van der Waals surface area contributed by atoms with Gasteiger partial charge in [-0.1, -0.05) is 12.1 Å². The second-order valence-corrected chi connectivity index (χ2v) is 4.00. The number of hydrogen-bond donors (Lipinski definition) is 1. The first-order valence-corrected chi connectivity index (χ1v) is 5.50. The summed E-state index contributed by atoms with van der Waals surface area (Å²) in [6, 6.07) is 5.98. The number of likely N-dealkylation sites (N-methyl/N-ethyl adjacent to an activating group) is 1. The lowest BCUT2D eigenvalue weighted by molar-refractivity contribution is -0.143. The Bertz CT molecular complexity index is 434. The Morgan fingerprint density at radius 3 is 2.58 bits per heavy atom. The van der Waals surface area contributed by atoms with Crippen molar-refractivity contribution >= 4 is 5.97 Å². The van der Waals surface area contributed by atoms with E-state index in [0.717, 1.165) is 4.90 Å². The molecule has 0 radical (unpaired) electrons. The van der Waals surface area contributed by atoms with E-state index in [9.17, 15) is 18.0 Å². The van der Waals surface area contributed by atoms with E-state index in [1.165, 1.54) is 19.2 Å². The summed E-state index contributed by atoms with van der Waals surface area (Å²) in [5, 5.41) is 8.89. The first-order chi connectivity index (χ1) is 8.79. The van der Waals surface area contributed by atoms with Crippen LogP contribution in [0.15, 0.2) is 24.3 Å². The van der Waals surface area contributed by atoms with Crippen molar-refractivity contribution in [3.05, 3.63) is 29.8 Å². The molecule has 0 heterocycles. The van der Waals surface area contributed by atoms with Crippen molar-refractivity contribution in [1.82, 2.24) is 4.90 Å². The van der Waals surface area contributed by atoms with E-state index in [2.05, 4.69) is 0 Å². The molecule has 0 atom stereocenters. The van der Waals surface area contributed by atoms with Crippen molar-refractivity contribution in [2.75, 3.05) is 26.7 Å². The van der Waals surface area contributed by atoms with Crippen molar-refractivity contribution in [1.29, 1.82) is 0 Å². The van der Waals surface area contributed by atoms with Crippen LogP contribution in [-0.2, 0) is 0 Å². The van der Waals surface area contributed by atoms with Gasteiger partial charge in [-0.2, -0.15) is 13.2 Å². The molecule has 0 aliphatic heterocycles. The molecule has 0 amide bonds. The minimum absolute atomic E-state index is 0.0130. The second-order valence-electron chi connectivity index (χ2n) is 4.00. The van der Waals surface area contributed by atoms with E-state index in [-0.39, 0.29) is 24.5 Å². The second kappa shape index (κ2) is 6.42. The van der Waals surface area contributed by atoms with Crippen LogP contribution in [0.1, 0.15) is 10.4 Å². The minimum atomic E-state index is -4.26. The predicted molar refractivity (Wildman–Crippen MR) is 62.4 cm³/mol. The molecule has 0 unspecified atom stereocenters. The molecule has 1 aromatic rings. The standard InChI is InChI=1S/C12H14F3NO3/c1-16(8-12(13,14)15)6-7-19-10-5-3-2-4-9(10)11(17)18/h2-5H,6-8H2,1H3,(H,17,18). The average Bonchev–Trinajstić information content (AvgIpc) is 2.27. The normalized spacial score (nSPS) is 11.6. The third-order valence-electron chi connectivity index (χ3n) is 2.30. The average molecular weight is 277 g/mol. The fourth-order valence-corrected chi connectivity index (χ4v) is 1.47. The van der Waals surface area contributed by atoms with E-state index in [0.29, 0.717) is 0 Å². The van der Waals surface area contributed by atoms with Gasteiger partial charge in [0.15, 0.2) is 0 Å². The topological polar surface area (TPSA) is 49.8 Å². The maximum Gasteiger partial charge on any atom is 0.401 e. The lowest BCUT2D eigenvalue weighted by Gasteiger charge is -2.18. The summed E-state index contributed by atoms with van der Waals surface area (Å²) in [6.45, 7) is -0.999. The highest BCUT2D eigenvalue weighted by atomic mass is 19.4. The lowest BCUT2D eigenvalue weighted by Crippen LogP contribution is -2.33. The number of carboxylic acids is 1. The number of ether oxygens (including phenoxy) is 1. The molecule has 0 saturated heterocycles. The highest BCUT2D eigenvalue weighted by molar-refractivity contribution is 5.90. The number of carbonyl (C=O) groups is 1. The SMILES string of the molecule is CN(CCOc1ccccc1C(=O)O)CC(F)(F)F. The highest BCUT2D eigenvalue weighted by Crippen LogP contribution is 2.18. The van der Waals surface area contributed by atoms with E-state index in [1.807, 2.05) is 0 Å². The lowest BCUT2D eigenvalue weighted by atomic mass is 10.2. The van der Waals surface area contributed by atoms with Crippen LogP contribution in [0.4, 0.5) is 13.2 Å². The number of rotatable bonds is 6. The van der Waals surface area contributed by atoms with Gasteiger partial charge in [0, 0.05) is 6.54 Å². The first kappa shape index (κ1) is 15.3. The molecule has 1 aromatic carbocycles. The smallest absolute Gasteiger partial charge is 0.401 e. The molecule has 0 spiro atoms.